The maximum atomic E-state index is 13.4. The molecule has 6 nitrogen and oxygen atoms in total. The third-order valence-corrected chi connectivity index (χ3v) is 4.45. The Balaban J connectivity index is 2.03. The number of benzene rings is 1. The van der Waals surface area contributed by atoms with Crippen LogP contribution in [0.4, 0.5) is 11.6 Å². The fourth-order valence-corrected chi connectivity index (χ4v) is 3.39. The highest BCUT2D eigenvalue weighted by Crippen LogP contribution is 2.32. The summed E-state index contributed by atoms with van der Waals surface area (Å²) in [6, 6.07) is 10.0. The normalized spacial score (nSPS) is 16.7. The van der Waals surface area contributed by atoms with Gasteiger partial charge in [0.15, 0.2) is 0 Å². The van der Waals surface area contributed by atoms with Gasteiger partial charge in [0.2, 0.25) is 5.95 Å². The molecule has 1 N–H and O–H groups in total. The van der Waals surface area contributed by atoms with Gasteiger partial charge in [-0.25, -0.2) is 9.97 Å². The summed E-state index contributed by atoms with van der Waals surface area (Å²) < 4.78 is 0. The number of hydrogen-bond donors (Lipinski definition) is 1. The van der Waals surface area contributed by atoms with Gasteiger partial charge in [0.05, 0.1) is 6.04 Å². The summed E-state index contributed by atoms with van der Waals surface area (Å²) in [7, 11) is 5.84. The van der Waals surface area contributed by atoms with Gasteiger partial charge in [0.1, 0.15) is 5.69 Å². The molecule has 132 valence electrons. The number of anilines is 2. The van der Waals surface area contributed by atoms with Gasteiger partial charge in [0.25, 0.3) is 5.91 Å². The second-order valence-corrected chi connectivity index (χ2v) is 6.73. The molecule has 0 radical (unpaired) electrons. The van der Waals surface area contributed by atoms with E-state index in [1.165, 1.54) is 5.56 Å². The van der Waals surface area contributed by atoms with Gasteiger partial charge in [-0.3, -0.25) is 4.79 Å². The minimum atomic E-state index is -0.0685. The van der Waals surface area contributed by atoms with E-state index in [1.807, 2.05) is 44.1 Å². The Labute approximate surface area is 148 Å². The Morgan fingerprint density at radius 3 is 2.80 bits per heavy atom. The van der Waals surface area contributed by atoms with Crippen molar-refractivity contribution in [3.05, 3.63) is 47.3 Å². The van der Waals surface area contributed by atoms with E-state index in [4.69, 9.17) is 0 Å². The monoisotopic (exact) mass is 339 g/mol. The van der Waals surface area contributed by atoms with Crippen LogP contribution in [0.3, 0.4) is 0 Å². The molecule has 0 saturated carbocycles. The number of para-hydroxylation sites is 1. The lowest BCUT2D eigenvalue weighted by Gasteiger charge is -2.38. The Morgan fingerprint density at radius 1 is 1.32 bits per heavy atom. The van der Waals surface area contributed by atoms with Crippen LogP contribution in [0.5, 0.6) is 0 Å². The number of carbonyl (C=O) groups is 1. The first-order valence-electron chi connectivity index (χ1n) is 8.59. The van der Waals surface area contributed by atoms with E-state index in [0.29, 0.717) is 11.6 Å². The molecule has 0 bridgehead atoms. The molecule has 1 aromatic heterocycles. The molecule has 6 heteroatoms. The topological polar surface area (TPSA) is 61.4 Å². The van der Waals surface area contributed by atoms with Crippen molar-refractivity contribution in [2.24, 2.45) is 0 Å². The van der Waals surface area contributed by atoms with Crippen LogP contribution in [-0.2, 0) is 6.42 Å². The lowest BCUT2D eigenvalue weighted by Crippen LogP contribution is -2.48. The highest BCUT2D eigenvalue weighted by molar-refractivity contribution is 6.06. The number of aromatic nitrogens is 2. The molecule has 3 rings (SSSR count). The molecule has 0 fully saturated rings. The van der Waals surface area contributed by atoms with E-state index in [1.54, 1.807) is 13.1 Å². The summed E-state index contributed by atoms with van der Waals surface area (Å²) in [5.74, 6) is 0.402. The molecule has 1 aromatic carbocycles. The Kier molecular flexibility index (Phi) is 4.99. The van der Waals surface area contributed by atoms with Gasteiger partial charge in [-0.15, -0.1) is 0 Å². The molecule has 0 saturated heterocycles. The first kappa shape index (κ1) is 17.4. The first-order chi connectivity index (χ1) is 12.0. The van der Waals surface area contributed by atoms with Crippen molar-refractivity contribution >= 4 is 17.5 Å². The van der Waals surface area contributed by atoms with Crippen LogP contribution in [0.2, 0.25) is 0 Å². The third-order valence-electron chi connectivity index (χ3n) is 4.45. The maximum absolute atomic E-state index is 13.4. The van der Waals surface area contributed by atoms with Crippen LogP contribution in [0, 0.1) is 6.92 Å². The SMILES string of the molecule is CNc1nc(C)cc(C(=O)N2c3ccccc3CCC2CN(C)C)n1. The Bertz CT molecular complexity index is 774. The van der Waals surface area contributed by atoms with Gasteiger partial charge in [0, 0.05) is 25.0 Å². The van der Waals surface area contributed by atoms with Crippen LogP contribution >= 0.6 is 0 Å². The van der Waals surface area contributed by atoms with Crippen LogP contribution in [0.1, 0.15) is 28.2 Å². The van der Waals surface area contributed by atoms with Crippen molar-refractivity contribution in [2.75, 3.05) is 37.9 Å². The summed E-state index contributed by atoms with van der Waals surface area (Å²) in [4.78, 5) is 26.1. The summed E-state index contributed by atoms with van der Waals surface area (Å²) in [6.07, 6.45) is 1.94. The van der Waals surface area contributed by atoms with Gasteiger partial charge in [-0.2, -0.15) is 0 Å². The fraction of sp³-hybridized carbons (Fsp3) is 0.421. The molecular formula is C19H25N5O. The number of nitrogens with zero attached hydrogens (tertiary/aromatic N) is 4. The number of hydrogen-bond acceptors (Lipinski definition) is 5. The molecule has 1 atom stereocenters. The quantitative estimate of drug-likeness (QED) is 0.926. The summed E-state index contributed by atoms with van der Waals surface area (Å²) in [6.45, 7) is 2.70. The minimum Gasteiger partial charge on any atom is -0.357 e. The average Bonchev–Trinajstić information content (AvgIpc) is 2.60. The van der Waals surface area contributed by atoms with Crippen molar-refractivity contribution in [2.45, 2.75) is 25.8 Å². The van der Waals surface area contributed by atoms with E-state index >= 15 is 0 Å². The van der Waals surface area contributed by atoms with Crippen molar-refractivity contribution in [3.63, 3.8) is 0 Å². The lowest BCUT2D eigenvalue weighted by atomic mass is 9.95. The average molecular weight is 339 g/mol. The van der Waals surface area contributed by atoms with E-state index in [-0.39, 0.29) is 11.9 Å². The van der Waals surface area contributed by atoms with Crippen molar-refractivity contribution in [1.82, 2.24) is 14.9 Å². The number of likely N-dealkylation sites (N-methyl/N-ethyl adjacent to an activating group) is 1. The number of aryl methyl sites for hydroxylation is 2. The van der Waals surface area contributed by atoms with Crippen LogP contribution in [0.25, 0.3) is 0 Å². The molecule has 1 aliphatic rings. The Morgan fingerprint density at radius 2 is 2.08 bits per heavy atom. The summed E-state index contributed by atoms with van der Waals surface area (Å²) in [5.41, 5.74) is 3.41. The number of fused-ring (bicyclic) bond motifs is 1. The number of carbonyl (C=O) groups excluding carboxylic acids is 1. The second kappa shape index (κ2) is 7.19. The van der Waals surface area contributed by atoms with E-state index in [0.717, 1.165) is 30.8 Å². The molecule has 25 heavy (non-hydrogen) atoms. The molecule has 1 unspecified atom stereocenters. The molecule has 2 heterocycles. The largest absolute Gasteiger partial charge is 0.357 e. The zero-order valence-electron chi connectivity index (χ0n) is 15.3. The van der Waals surface area contributed by atoms with Crippen molar-refractivity contribution < 1.29 is 4.79 Å². The van der Waals surface area contributed by atoms with Gasteiger partial charge < -0.3 is 15.1 Å². The molecular weight excluding hydrogens is 314 g/mol. The van der Waals surface area contributed by atoms with E-state index in [9.17, 15) is 4.79 Å². The Hall–Kier alpha value is -2.47. The predicted molar refractivity (Wildman–Crippen MR) is 100 cm³/mol. The maximum Gasteiger partial charge on any atom is 0.277 e. The van der Waals surface area contributed by atoms with Crippen LogP contribution < -0.4 is 10.2 Å². The molecule has 1 amide bonds. The fourth-order valence-electron chi connectivity index (χ4n) is 3.39. The minimum absolute atomic E-state index is 0.0685. The highest BCUT2D eigenvalue weighted by atomic mass is 16.2. The van der Waals surface area contributed by atoms with Crippen molar-refractivity contribution in [3.8, 4) is 0 Å². The molecule has 1 aliphatic heterocycles. The smallest absolute Gasteiger partial charge is 0.277 e. The zero-order chi connectivity index (χ0) is 18.0. The second-order valence-electron chi connectivity index (χ2n) is 6.73. The summed E-state index contributed by atoms with van der Waals surface area (Å²) in [5, 5.41) is 2.93. The predicted octanol–water partition coefficient (Wildman–Crippen LogP) is 2.35. The molecule has 2 aromatic rings. The highest BCUT2D eigenvalue weighted by Gasteiger charge is 2.32. The van der Waals surface area contributed by atoms with Crippen LogP contribution in [-0.4, -0.2) is 54.5 Å². The molecule has 0 spiro atoms. The van der Waals surface area contributed by atoms with Gasteiger partial charge in [-0.1, -0.05) is 18.2 Å². The number of nitrogens with one attached hydrogen (secondary N) is 1. The van der Waals surface area contributed by atoms with Crippen molar-refractivity contribution in [1.29, 1.82) is 0 Å². The first-order valence-corrected chi connectivity index (χ1v) is 8.59. The van der Waals surface area contributed by atoms with Gasteiger partial charge in [-0.05, 0) is 51.6 Å². The van der Waals surface area contributed by atoms with Gasteiger partial charge >= 0.3 is 0 Å². The number of rotatable bonds is 4. The van der Waals surface area contributed by atoms with E-state index < -0.39 is 0 Å². The molecule has 0 aliphatic carbocycles. The zero-order valence-corrected chi connectivity index (χ0v) is 15.3. The number of amides is 1. The van der Waals surface area contributed by atoms with E-state index in [2.05, 4.69) is 26.3 Å². The standard InChI is InChI=1S/C19H25N5O/c1-13-11-16(22-19(20-2)21-13)18(25)24-15(12-23(3)4)10-9-14-7-5-6-8-17(14)24/h5-8,11,15H,9-10,12H2,1-4H3,(H,20,21,22). The lowest BCUT2D eigenvalue weighted by molar-refractivity contribution is 0.0963. The van der Waals surface area contributed by atoms with Crippen LogP contribution in [0.15, 0.2) is 30.3 Å². The third kappa shape index (κ3) is 3.64. The summed E-state index contributed by atoms with van der Waals surface area (Å²) >= 11 is 0.